The third-order valence-electron chi connectivity index (χ3n) is 4.64. The van der Waals surface area contributed by atoms with Crippen LogP contribution in [0.25, 0.3) is 22.3 Å². The summed E-state index contributed by atoms with van der Waals surface area (Å²) < 4.78 is 59.3. The Hall–Kier alpha value is -3.02. The van der Waals surface area contributed by atoms with E-state index in [1.807, 2.05) is 20.8 Å². The molecule has 158 valence electrons. The molecule has 6 heteroatoms. The predicted molar refractivity (Wildman–Crippen MR) is 115 cm³/mol. The molecule has 0 spiro atoms. The maximum Gasteiger partial charge on any atom is 0.170 e. The van der Waals surface area contributed by atoms with E-state index < -0.39 is 34.4 Å². The summed E-state index contributed by atoms with van der Waals surface area (Å²) in [6.45, 7) is 6.64. The largest absolute Gasteiger partial charge is 0.385 e. The molecular formula is C24H24F4N2. The highest BCUT2D eigenvalue weighted by atomic mass is 19.2. The summed E-state index contributed by atoms with van der Waals surface area (Å²) in [6, 6.07) is 12.4. The highest BCUT2D eigenvalue weighted by molar-refractivity contribution is 5.74. The van der Waals surface area contributed by atoms with Gasteiger partial charge in [-0.25, -0.2) is 17.6 Å². The summed E-state index contributed by atoms with van der Waals surface area (Å²) in [6.07, 6.45) is 0.914. The molecule has 3 aromatic carbocycles. The van der Waals surface area contributed by atoms with Crippen LogP contribution in [0.4, 0.5) is 28.9 Å². The van der Waals surface area contributed by atoms with E-state index in [2.05, 4.69) is 10.6 Å². The molecule has 0 bridgehead atoms. The Kier molecular flexibility index (Phi) is 6.65. The van der Waals surface area contributed by atoms with E-state index in [1.165, 1.54) is 24.3 Å². The molecule has 0 heterocycles. The highest BCUT2D eigenvalue weighted by Crippen LogP contribution is 2.37. The monoisotopic (exact) mass is 416 g/mol. The number of nitrogens with one attached hydrogen (secondary N) is 2. The molecule has 0 fully saturated rings. The maximum absolute atomic E-state index is 14.8. The number of hydrogen-bond donors (Lipinski definition) is 2. The van der Waals surface area contributed by atoms with Crippen molar-refractivity contribution in [3.8, 4) is 22.3 Å². The number of rotatable bonds is 7. The standard InChI is InChI=1S/C24H24F4N2/c1-4-13-29-17-9-5-15(6-10-17)19-21(25)23(27)20(24(28)22(19)26)16-7-11-18(12-8-16)30-14(2)3/h5-12,14,29-30H,4,13H2,1-3H3. The Balaban J connectivity index is 2.02. The minimum absolute atomic E-state index is 0.0581. The van der Waals surface area contributed by atoms with Crippen LogP contribution in [0, 0.1) is 23.3 Å². The van der Waals surface area contributed by atoms with Gasteiger partial charge in [-0.05, 0) is 55.7 Å². The van der Waals surface area contributed by atoms with Crippen LogP contribution in [-0.2, 0) is 0 Å². The molecule has 0 atom stereocenters. The van der Waals surface area contributed by atoms with Crippen LogP contribution in [0.15, 0.2) is 48.5 Å². The van der Waals surface area contributed by atoms with E-state index in [4.69, 9.17) is 0 Å². The number of benzene rings is 3. The van der Waals surface area contributed by atoms with Gasteiger partial charge in [0.1, 0.15) is 0 Å². The van der Waals surface area contributed by atoms with Crippen LogP contribution in [0.1, 0.15) is 27.2 Å². The molecule has 0 aliphatic heterocycles. The second-order valence-corrected chi connectivity index (χ2v) is 7.39. The zero-order chi connectivity index (χ0) is 21.8. The summed E-state index contributed by atoms with van der Waals surface area (Å²) in [4.78, 5) is 0. The van der Waals surface area contributed by atoms with E-state index >= 15 is 0 Å². The summed E-state index contributed by atoms with van der Waals surface area (Å²) in [5, 5.41) is 6.27. The third-order valence-corrected chi connectivity index (χ3v) is 4.64. The van der Waals surface area contributed by atoms with Crippen molar-refractivity contribution in [1.29, 1.82) is 0 Å². The lowest BCUT2D eigenvalue weighted by atomic mass is 9.97. The van der Waals surface area contributed by atoms with Crippen LogP contribution >= 0.6 is 0 Å². The van der Waals surface area contributed by atoms with Crippen LogP contribution in [0.3, 0.4) is 0 Å². The van der Waals surface area contributed by atoms with Gasteiger partial charge in [-0.2, -0.15) is 0 Å². The lowest BCUT2D eigenvalue weighted by molar-refractivity contribution is 0.463. The van der Waals surface area contributed by atoms with Crippen molar-refractivity contribution in [1.82, 2.24) is 0 Å². The number of halogens is 4. The zero-order valence-electron chi connectivity index (χ0n) is 17.1. The van der Waals surface area contributed by atoms with Gasteiger partial charge in [-0.15, -0.1) is 0 Å². The smallest absolute Gasteiger partial charge is 0.170 e. The van der Waals surface area contributed by atoms with Crippen molar-refractivity contribution in [3.05, 3.63) is 71.8 Å². The van der Waals surface area contributed by atoms with Gasteiger partial charge in [-0.3, -0.25) is 0 Å². The van der Waals surface area contributed by atoms with E-state index in [-0.39, 0.29) is 17.2 Å². The first-order valence-corrected chi connectivity index (χ1v) is 9.90. The fourth-order valence-electron chi connectivity index (χ4n) is 3.23. The van der Waals surface area contributed by atoms with Crippen LogP contribution < -0.4 is 10.6 Å². The molecular weight excluding hydrogens is 392 g/mol. The fourth-order valence-corrected chi connectivity index (χ4v) is 3.23. The van der Waals surface area contributed by atoms with Crippen molar-refractivity contribution in [2.24, 2.45) is 0 Å². The second-order valence-electron chi connectivity index (χ2n) is 7.39. The van der Waals surface area contributed by atoms with Gasteiger partial charge in [0.05, 0.1) is 11.1 Å². The van der Waals surface area contributed by atoms with E-state index in [9.17, 15) is 17.6 Å². The maximum atomic E-state index is 14.8. The Morgan fingerprint density at radius 3 is 1.43 bits per heavy atom. The summed E-state index contributed by atoms with van der Waals surface area (Å²) in [5.41, 5.74) is 0.189. The van der Waals surface area contributed by atoms with Gasteiger partial charge in [0.25, 0.3) is 0 Å². The molecule has 0 aliphatic rings. The minimum Gasteiger partial charge on any atom is -0.385 e. The molecule has 0 unspecified atom stereocenters. The van der Waals surface area contributed by atoms with Gasteiger partial charge in [0, 0.05) is 24.0 Å². The Labute approximate surface area is 173 Å². The van der Waals surface area contributed by atoms with Gasteiger partial charge in [-0.1, -0.05) is 31.2 Å². The van der Waals surface area contributed by atoms with Crippen LogP contribution in [-0.4, -0.2) is 12.6 Å². The second kappa shape index (κ2) is 9.20. The molecule has 0 saturated carbocycles. The molecule has 0 saturated heterocycles. The van der Waals surface area contributed by atoms with Crippen LogP contribution in [0.5, 0.6) is 0 Å². The SMILES string of the molecule is CCCNc1ccc(-c2c(F)c(F)c(-c3ccc(NC(C)C)cc3)c(F)c2F)cc1. The average molecular weight is 416 g/mol. The number of anilines is 2. The average Bonchev–Trinajstić information content (AvgIpc) is 2.73. The first kappa shape index (κ1) is 21.7. The van der Waals surface area contributed by atoms with E-state index in [0.29, 0.717) is 0 Å². The third kappa shape index (κ3) is 4.42. The first-order chi connectivity index (χ1) is 14.3. The molecule has 2 nitrogen and oxygen atoms in total. The predicted octanol–water partition coefficient (Wildman–Crippen LogP) is 7.22. The zero-order valence-corrected chi connectivity index (χ0v) is 17.1. The Bertz CT molecular complexity index is 984. The van der Waals surface area contributed by atoms with Crippen LogP contribution in [0.2, 0.25) is 0 Å². The molecule has 0 aromatic heterocycles. The fraction of sp³-hybridized carbons (Fsp3) is 0.250. The van der Waals surface area contributed by atoms with Gasteiger partial charge in [0.2, 0.25) is 0 Å². The van der Waals surface area contributed by atoms with Crippen molar-refractivity contribution < 1.29 is 17.6 Å². The quantitative estimate of drug-likeness (QED) is 0.314. The van der Waals surface area contributed by atoms with E-state index in [1.54, 1.807) is 24.3 Å². The first-order valence-electron chi connectivity index (χ1n) is 9.90. The van der Waals surface area contributed by atoms with Crippen molar-refractivity contribution in [2.45, 2.75) is 33.2 Å². The molecule has 2 N–H and O–H groups in total. The van der Waals surface area contributed by atoms with Crippen molar-refractivity contribution in [3.63, 3.8) is 0 Å². The molecule has 0 amide bonds. The molecule has 3 rings (SSSR count). The van der Waals surface area contributed by atoms with Crippen molar-refractivity contribution >= 4 is 11.4 Å². The highest BCUT2D eigenvalue weighted by Gasteiger charge is 2.27. The lowest BCUT2D eigenvalue weighted by Gasteiger charge is -2.14. The normalized spacial score (nSPS) is 11.1. The Morgan fingerprint density at radius 1 is 0.667 bits per heavy atom. The molecule has 3 aromatic rings. The summed E-state index contributed by atoms with van der Waals surface area (Å²) in [5.74, 6) is -5.66. The van der Waals surface area contributed by atoms with Gasteiger partial charge in [0.15, 0.2) is 23.3 Å². The van der Waals surface area contributed by atoms with Gasteiger partial charge >= 0.3 is 0 Å². The van der Waals surface area contributed by atoms with Crippen molar-refractivity contribution in [2.75, 3.05) is 17.2 Å². The number of hydrogen-bond acceptors (Lipinski definition) is 2. The summed E-state index contributed by atoms with van der Waals surface area (Å²) in [7, 11) is 0. The minimum atomic E-state index is -1.42. The summed E-state index contributed by atoms with van der Waals surface area (Å²) >= 11 is 0. The topological polar surface area (TPSA) is 24.1 Å². The molecule has 30 heavy (non-hydrogen) atoms. The Morgan fingerprint density at radius 2 is 1.07 bits per heavy atom. The molecule has 0 radical (unpaired) electrons. The van der Waals surface area contributed by atoms with Gasteiger partial charge < -0.3 is 10.6 Å². The van der Waals surface area contributed by atoms with E-state index in [0.717, 1.165) is 24.3 Å². The lowest BCUT2D eigenvalue weighted by Crippen LogP contribution is -2.09. The molecule has 0 aliphatic carbocycles.